The summed E-state index contributed by atoms with van der Waals surface area (Å²) in [6, 6.07) is 8.65. The summed E-state index contributed by atoms with van der Waals surface area (Å²) in [4.78, 5) is 21.6. The second-order valence-electron chi connectivity index (χ2n) is 6.75. The van der Waals surface area contributed by atoms with Crippen LogP contribution in [0.15, 0.2) is 39.3 Å². The maximum atomic E-state index is 12.6. The Labute approximate surface area is 163 Å². The summed E-state index contributed by atoms with van der Waals surface area (Å²) < 4.78 is 2.23. The quantitative estimate of drug-likeness (QED) is 0.430. The number of aryl methyl sites for hydroxylation is 3. The molecule has 1 aromatic carbocycles. The summed E-state index contributed by atoms with van der Waals surface area (Å²) in [5, 5.41) is 3.03. The molecule has 3 aromatic heterocycles. The predicted molar refractivity (Wildman–Crippen MR) is 112 cm³/mol. The number of thiophene rings is 1. The van der Waals surface area contributed by atoms with Crippen molar-refractivity contribution in [1.29, 1.82) is 0 Å². The van der Waals surface area contributed by atoms with E-state index in [0.717, 1.165) is 33.8 Å². The van der Waals surface area contributed by atoms with E-state index in [1.807, 2.05) is 11.8 Å². The molecule has 0 unspecified atom stereocenters. The molecule has 0 N–H and O–H groups in total. The molecule has 6 heteroatoms. The zero-order valence-electron chi connectivity index (χ0n) is 14.4. The van der Waals surface area contributed by atoms with E-state index in [9.17, 15) is 4.79 Å². The number of nitrogens with zero attached hydrogens (tertiary/aromatic N) is 2. The molecular weight excluding hydrogens is 380 g/mol. The fraction of sp³-hybridized carbons (Fsp3) is 0.300. The van der Waals surface area contributed by atoms with Crippen molar-refractivity contribution < 1.29 is 0 Å². The number of fused-ring (bicyclic) bond motifs is 5. The van der Waals surface area contributed by atoms with Crippen molar-refractivity contribution in [2.45, 2.75) is 43.3 Å². The molecule has 132 valence electrons. The number of thiazole rings is 1. The van der Waals surface area contributed by atoms with Gasteiger partial charge in [0, 0.05) is 26.6 Å². The molecule has 0 saturated heterocycles. The molecule has 0 atom stereocenters. The van der Waals surface area contributed by atoms with E-state index in [2.05, 4.69) is 46.0 Å². The Morgan fingerprint density at radius 2 is 2.00 bits per heavy atom. The van der Waals surface area contributed by atoms with Gasteiger partial charge in [-0.3, -0.25) is 9.20 Å². The lowest BCUT2D eigenvalue weighted by atomic mass is 9.97. The van der Waals surface area contributed by atoms with Crippen LogP contribution in [0.2, 0.25) is 0 Å². The minimum Gasteiger partial charge on any atom is -0.279 e. The zero-order valence-corrected chi connectivity index (χ0v) is 16.9. The average molecular weight is 399 g/mol. The lowest BCUT2D eigenvalue weighted by Gasteiger charge is -2.09. The number of rotatable bonds is 3. The van der Waals surface area contributed by atoms with Crippen molar-refractivity contribution in [3.05, 3.63) is 61.7 Å². The summed E-state index contributed by atoms with van der Waals surface area (Å²) in [7, 11) is 0. The maximum absolute atomic E-state index is 12.6. The smallest absolute Gasteiger partial charge is 0.279 e. The molecule has 0 saturated carbocycles. The molecule has 0 bridgehead atoms. The summed E-state index contributed by atoms with van der Waals surface area (Å²) >= 11 is 5.21. The minimum absolute atomic E-state index is 0.0426. The first kappa shape index (κ1) is 16.5. The van der Waals surface area contributed by atoms with Gasteiger partial charge in [0.2, 0.25) is 0 Å². The standard InChI is InChI=1S/C20H18N2OS3/c1-12-6-8-14(9-7-12)24-10-13-11-25-20-21-18(23)17-15-4-2-3-5-16(15)26-19(17)22(13)20/h6-9,11H,2-5,10H2,1H3. The van der Waals surface area contributed by atoms with Crippen LogP contribution >= 0.6 is 34.4 Å². The van der Waals surface area contributed by atoms with Gasteiger partial charge in [-0.05, 0) is 50.3 Å². The van der Waals surface area contributed by atoms with E-state index in [-0.39, 0.29) is 5.56 Å². The van der Waals surface area contributed by atoms with Crippen molar-refractivity contribution in [1.82, 2.24) is 9.38 Å². The summed E-state index contributed by atoms with van der Waals surface area (Å²) in [6.45, 7) is 2.11. The van der Waals surface area contributed by atoms with E-state index in [1.165, 1.54) is 39.4 Å². The molecule has 0 aliphatic heterocycles. The Balaban J connectivity index is 1.61. The van der Waals surface area contributed by atoms with Crippen molar-refractivity contribution in [2.75, 3.05) is 0 Å². The molecule has 3 nitrogen and oxygen atoms in total. The highest BCUT2D eigenvalue weighted by Gasteiger charge is 2.22. The van der Waals surface area contributed by atoms with Crippen LogP contribution in [0.1, 0.15) is 34.5 Å². The summed E-state index contributed by atoms with van der Waals surface area (Å²) in [6.07, 6.45) is 4.54. The largest absolute Gasteiger partial charge is 0.282 e. The highest BCUT2D eigenvalue weighted by molar-refractivity contribution is 7.98. The van der Waals surface area contributed by atoms with Crippen molar-refractivity contribution >= 4 is 49.6 Å². The Hall–Kier alpha value is -1.63. The molecule has 1 aliphatic carbocycles. The molecule has 0 amide bonds. The van der Waals surface area contributed by atoms with Gasteiger partial charge >= 0.3 is 0 Å². The first-order valence-electron chi connectivity index (χ1n) is 8.83. The van der Waals surface area contributed by atoms with Gasteiger partial charge < -0.3 is 0 Å². The van der Waals surface area contributed by atoms with Crippen molar-refractivity contribution in [3.8, 4) is 0 Å². The molecule has 0 radical (unpaired) electrons. The van der Waals surface area contributed by atoms with Crippen molar-refractivity contribution in [3.63, 3.8) is 0 Å². The zero-order chi connectivity index (χ0) is 17.7. The number of hydrogen-bond acceptors (Lipinski definition) is 5. The number of aromatic nitrogens is 2. The Morgan fingerprint density at radius 3 is 2.85 bits per heavy atom. The Bertz CT molecular complexity index is 1170. The fourth-order valence-corrected chi connectivity index (χ4v) is 6.92. The third kappa shape index (κ3) is 2.71. The molecule has 1 aliphatic rings. The molecule has 0 fully saturated rings. The highest BCUT2D eigenvalue weighted by Crippen LogP contribution is 2.36. The van der Waals surface area contributed by atoms with Crippen LogP contribution in [0.5, 0.6) is 0 Å². The van der Waals surface area contributed by atoms with E-state index in [4.69, 9.17) is 0 Å². The van der Waals surface area contributed by atoms with E-state index >= 15 is 0 Å². The second kappa shape index (κ2) is 6.51. The molecule has 0 spiro atoms. The summed E-state index contributed by atoms with van der Waals surface area (Å²) in [5.74, 6) is 0.880. The van der Waals surface area contributed by atoms with Crippen molar-refractivity contribution in [2.24, 2.45) is 0 Å². The van der Waals surface area contributed by atoms with Gasteiger partial charge in [0.25, 0.3) is 5.56 Å². The van der Waals surface area contributed by atoms with Gasteiger partial charge in [-0.25, -0.2) is 0 Å². The van der Waals surface area contributed by atoms with Crippen LogP contribution in [0.25, 0.3) is 15.2 Å². The van der Waals surface area contributed by atoms with Crippen LogP contribution in [0, 0.1) is 6.92 Å². The average Bonchev–Trinajstić information content (AvgIpc) is 3.22. The van der Waals surface area contributed by atoms with Crippen LogP contribution in [-0.2, 0) is 18.6 Å². The van der Waals surface area contributed by atoms with Gasteiger partial charge in [-0.1, -0.05) is 17.7 Å². The highest BCUT2D eigenvalue weighted by atomic mass is 32.2. The van der Waals surface area contributed by atoms with Crippen LogP contribution in [-0.4, -0.2) is 9.38 Å². The third-order valence-electron chi connectivity index (χ3n) is 4.95. The number of hydrogen-bond donors (Lipinski definition) is 0. The summed E-state index contributed by atoms with van der Waals surface area (Å²) in [5.41, 5.74) is 3.74. The molecule has 5 rings (SSSR count). The van der Waals surface area contributed by atoms with Gasteiger partial charge in [0.05, 0.1) is 5.39 Å². The van der Waals surface area contributed by atoms with Gasteiger partial charge in [-0.15, -0.1) is 34.4 Å². The van der Waals surface area contributed by atoms with E-state index in [1.54, 1.807) is 22.7 Å². The number of thioether (sulfide) groups is 1. The van der Waals surface area contributed by atoms with Crippen LogP contribution in [0.3, 0.4) is 0 Å². The molecule has 3 heterocycles. The maximum Gasteiger partial charge on any atom is 0.282 e. The Kier molecular flexibility index (Phi) is 4.14. The minimum atomic E-state index is -0.0426. The molecule has 4 aromatic rings. The van der Waals surface area contributed by atoms with E-state index in [0.29, 0.717) is 0 Å². The lowest BCUT2D eigenvalue weighted by molar-refractivity contribution is 0.700. The van der Waals surface area contributed by atoms with Gasteiger partial charge in [0.1, 0.15) is 4.83 Å². The lowest BCUT2D eigenvalue weighted by Crippen LogP contribution is -2.11. The molecule has 26 heavy (non-hydrogen) atoms. The normalized spacial score (nSPS) is 14.2. The van der Waals surface area contributed by atoms with E-state index < -0.39 is 0 Å². The predicted octanol–water partition coefficient (Wildman–Crippen LogP) is 5.45. The SMILES string of the molecule is Cc1ccc(SCc2csc3nc(=O)c4c5c(sc4n23)CCCC5)cc1. The van der Waals surface area contributed by atoms with Gasteiger partial charge in [0.15, 0.2) is 4.96 Å². The first-order chi connectivity index (χ1) is 12.7. The fourth-order valence-electron chi connectivity index (χ4n) is 3.61. The third-order valence-corrected chi connectivity index (χ3v) is 8.15. The first-order valence-corrected chi connectivity index (χ1v) is 11.5. The Morgan fingerprint density at radius 1 is 1.19 bits per heavy atom. The second-order valence-corrected chi connectivity index (χ2v) is 9.72. The van der Waals surface area contributed by atoms with Crippen LogP contribution in [0.4, 0.5) is 0 Å². The topological polar surface area (TPSA) is 34.4 Å². The monoisotopic (exact) mass is 398 g/mol. The number of benzene rings is 1. The van der Waals surface area contributed by atoms with Crippen LogP contribution < -0.4 is 5.56 Å². The molecular formula is C20H18N2OS3. The van der Waals surface area contributed by atoms with Gasteiger partial charge in [-0.2, -0.15) is 4.98 Å².